The predicted octanol–water partition coefficient (Wildman–Crippen LogP) is 6.37. The van der Waals surface area contributed by atoms with Crippen LogP contribution in [0.2, 0.25) is 0 Å². The Morgan fingerprint density at radius 1 is 0.611 bits per heavy atom. The Morgan fingerprint density at radius 2 is 1.17 bits per heavy atom. The van der Waals surface area contributed by atoms with Gasteiger partial charge in [-0.25, -0.2) is 0 Å². The number of ether oxygens (including phenoxy) is 2. The number of fused-ring (bicyclic) bond motifs is 3. The minimum atomic E-state index is 0.663. The maximum atomic E-state index is 5.29. The summed E-state index contributed by atoms with van der Waals surface area (Å²) in [6, 6.07) is 32.1. The Hall–Kier alpha value is -4.91. The first-order chi connectivity index (χ1) is 17.7. The summed E-state index contributed by atoms with van der Waals surface area (Å²) in [5.41, 5.74) is 4.79. The van der Waals surface area contributed by atoms with Crippen molar-refractivity contribution in [2.24, 2.45) is 0 Å². The van der Waals surface area contributed by atoms with Gasteiger partial charge >= 0.3 is 0 Å². The Morgan fingerprint density at radius 3 is 1.78 bits per heavy atom. The van der Waals surface area contributed by atoms with Gasteiger partial charge in [-0.05, 0) is 59.7 Å². The van der Waals surface area contributed by atoms with Gasteiger partial charge in [-0.1, -0.05) is 48.5 Å². The number of methoxy groups -OCH3 is 2. The van der Waals surface area contributed by atoms with Crippen molar-refractivity contribution in [3.63, 3.8) is 0 Å². The van der Waals surface area contributed by atoms with Gasteiger partial charge in [0, 0.05) is 22.0 Å². The summed E-state index contributed by atoms with van der Waals surface area (Å²) in [7, 11) is 3.32. The zero-order valence-electron chi connectivity index (χ0n) is 19.8. The van der Waals surface area contributed by atoms with E-state index in [-0.39, 0.29) is 0 Å². The van der Waals surface area contributed by atoms with Crippen LogP contribution in [0.3, 0.4) is 0 Å². The van der Waals surface area contributed by atoms with Gasteiger partial charge in [0.15, 0.2) is 17.3 Å². The molecule has 0 unspecified atom stereocenters. The molecule has 0 aliphatic rings. The van der Waals surface area contributed by atoms with E-state index in [1.807, 2.05) is 60.7 Å². The number of nitrogens with zero attached hydrogens (tertiary/aromatic N) is 4. The summed E-state index contributed by atoms with van der Waals surface area (Å²) in [6.45, 7) is 0. The van der Waals surface area contributed by atoms with Crippen LogP contribution in [0.25, 0.3) is 38.9 Å². The van der Waals surface area contributed by atoms with Gasteiger partial charge in [-0.2, -0.15) is 4.52 Å². The maximum Gasteiger partial charge on any atom is 0.186 e. The lowest BCUT2D eigenvalue weighted by Gasteiger charge is -2.11. The summed E-state index contributed by atoms with van der Waals surface area (Å²) in [5.74, 6) is 3.01. The van der Waals surface area contributed by atoms with Gasteiger partial charge in [-0.3, -0.25) is 0 Å². The van der Waals surface area contributed by atoms with E-state index < -0.39 is 0 Å². The number of rotatable bonds is 6. The molecule has 2 aromatic heterocycles. The van der Waals surface area contributed by atoms with E-state index in [1.54, 1.807) is 18.7 Å². The van der Waals surface area contributed by atoms with Gasteiger partial charge in [0.1, 0.15) is 11.5 Å². The molecule has 0 bridgehead atoms. The normalized spacial score (nSPS) is 11.1. The molecule has 0 atom stereocenters. The quantitative estimate of drug-likeness (QED) is 0.303. The van der Waals surface area contributed by atoms with E-state index in [2.05, 4.69) is 51.9 Å². The van der Waals surface area contributed by atoms with Gasteiger partial charge in [0.25, 0.3) is 0 Å². The average molecular weight is 474 g/mol. The standard InChI is InChI=1S/C29H23N5O2/c1-35-23-15-9-20(10-16-23)19-7-13-22(14-8-19)30-27-25-5-3-4-6-26(25)29-32-31-28(34(29)33-27)21-11-17-24(36-2)18-12-21/h3-18H,1-2H3,(H,30,33). The number of anilines is 2. The minimum Gasteiger partial charge on any atom is -0.497 e. The number of hydrogen-bond donors (Lipinski definition) is 1. The monoisotopic (exact) mass is 473 g/mol. The summed E-state index contributed by atoms with van der Waals surface area (Å²) in [4.78, 5) is 0. The van der Waals surface area contributed by atoms with Gasteiger partial charge in [0.05, 0.1) is 14.2 Å². The zero-order chi connectivity index (χ0) is 24.5. The lowest BCUT2D eigenvalue weighted by atomic mass is 10.1. The zero-order valence-corrected chi connectivity index (χ0v) is 19.8. The third kappa shape index (κ3) is 3.86. The lowest BCUT2D eigenvalue weighted by molar-refractivity contribution is 0.415. The second-order valence-corrected chi connectivity index (χ2v) is 8.31. The smallest absolute Gasteiger partial charge is 0.186 e. The molecule has 0 fully saturated rings. The molecular weight excluding hydrogens is 450 g/mol. The molecular formula is C29H23N5O2. The van der Waals surface area contributed by atoms with Crippen molar-refractivity contribution in [3.05, 3.63) is 97.1 Å². The minimum absolute atomic E-state index is 0.663. The highest BCUT2D eigenvalue weighted by Crippen LogP contribution is 2.31. The van der Waals surface area contributed by atoms with Gasteiger partial charge in [0.2, 0.25) is 0 Å². The summed E-state index contributed by atoms with van der Waals surface area (Å²) in [6.07, 6.45) is 0. The molecule has 176 valence electrons. The van der Waals surface area contributed by atoms with Crippen LogP contribution in [0.5, 0.6) is 11.5 Å². The number of nitrogens with one attached hydrogen (secondary N) is 1. The molecule has 36 heavy (non-hydrogen) atoms. The number of aromatic nitrogens is 4. The molecule has 0 radical (unpaired) electrons. The first kappa shape index (κ1) is 21.6. The molecule has 0 saturated heterocycles. The molecule has 0 aliphatic carbocycles. The Kier molecular flexibility index (Phi) is 5.42. The van der Waals surface area contributed by atoms with Crippen LogP contribution in [0.15, 0.2) is 97.1 Å². The molecule has 0 aliphatic heterocycles. The molecule has 6 rings (SSSR count). The Balaban J connectivity index is 1.39. The number of hydrogen-bond acceptors (Lipinski definition) is 6. The van der Waals surface area contributed by atoms with Crippen LogP contribution >= 0.6 is 0 Å². The van der Waals surface area contributed by atoms with Crippen molar-refractivity contribution in [2.75, 3.05) is 19.5 Å². The average Bonchev–Trinajstić information content (AvgIpc) is 3.38. The third-order valence-corrected chi connectivity index (χ3v) is 6.18. The Bertz CT molecular complexity index is 1660. The maximum absolute atomic E-state index is 5.29. The van der Waals surface area contributed by atoms with Crippen molar-refractivity contribution < 1.29 is 9.47 Å². The first-order valence-electron chi connectivity index (χ1n) is 11.5. The van der Waals surface area contributed by atoms with E-state index in [9.17, 15) is 0 Å². The molecule has 7 nitrogen and oxygen atoms in total. The van der Waals surface area contributed by atoms with Crippen molar-refractivity contribution in [1.29, 1.82) is 0 Å². The topological polar surface area (TPSA) is 73.6 Å². The van der Waals surface area contributed by atoms with E-state index in [0.29, 0.717) is 11.5 Å². The third-order valence-electron chi connectivity index (χ3n) is 6.18. The Labute approximate surface area is 208 Å². The molecule has 0 saturated carbocycles. The van der Waals surface area contributed by atoms with E-state index in [4.69, 9.17) is 14.6 Å². The van der Waals surface area contributed by atoms with Crippen LogP contribution in [0.4, 0.5) is 11.5 Å². The number of benzene rings is 4. The van der Waals surface area contributed by atoms with Gasteiger partial charge in [-0.15, -0.1) is 15.3 Å². The van der Waals surface area contributed by atoms with Crippen molar-refractivity contribution >= 4 is 27.9 Å². The molecule has 2 heterocycles. The fourth-order valence-corrected chi connectivity index (χ4v) is 4.26. The summed E-state index contributed by atoms with van der Waals surface area (Å²) in [5, 5.41) is 19.3. The molecule has 0 spiro atoms. The van der Waals surface area contributed by atoms with Crippen LogP contribution in [-0.2, 0) is 0 Å². The fourth-order valence-electron chi connectivity index (χ4n) is 4.26. The molecule has 7 heteroatoms. The summed E-state index contributed by atoms with van der Waals surface area (Å²) >= 11 is 0. The second kappa shape index (κ2) is 9.03. The lowest BCUT2D eigenvalue weighted by Crippen LogP contribution is -2.02. The van der Waals surface area contributed by atoms with Crippen molar-refractivity contribution in [3.8, 4) is 34.0 Å². The van der Waals surface area contributed by atoms with Crippen LogP contribution in [-0.4, -0.2) is 34.0 Å². The van der Waals surface area contributed by atoms with Crippen molar-refractivity contribution in [2.45, 2.75) is 0 Å². The highest BCUT2D eigenvalue weighted by Gasteiger charge is 2.15. The fraction of sp³-hybridized carbons (Fsp3) is 0.0690. The SMILES string of the molecule is COc1ccc(-c2ccc(Nc3nn4c(-c5ccc(OC)cc5)nnc4c4ccccc34)cc2)cc1. The molecule has 0 amide bonds. The van der Waals surface area contributed by atoms with Gasteiger partial charge < -0.3 is 14.8 Å². The van der Waals surface area contributed by atoms with Crippen molar-refractivity contribution in [1.82, 2.24) is 19.8 Å². The molecule has 4 aromatic carbocycles. The predicted molar refractivity (Wildman–Crippen MR) is 142 cm³/mol. The van der Waals surface area contributed by atoms with E-state index in [0.717, 1.165) is 50.5 Å². The van der Waals surface area contributed by atoms with E-state index in [1.165, 1.54) is 0 Å². The molecule has 1 N–H and O–H groups in total. The largest absolute Gasteiger partial charge is 0.497 e. The second-order valence-electron chi connectivity index (χ2n) is 8.31. The summed E-state index contributed by atoms with van der Waals surface area (Å²) < 4.78 is 12.3. The van der Waals surface area contributed by atoms with Crippen LogP contribution in [0.1, 0.15) is 0 Å². The first-order valence-corrected chi connectivity index (χ1v) is 11.5. The highest BCUT2D eigenvalue weighted by atomic mass is 16.5. The van der Waals surface area contributed by atoms with E-state index >= 15 is 0 Å². The van der Waals surface area contributed by atoms with Crippen LogP contribution < -0.4 is 14.8 Å². The van der Waals surface area contributed by atoms with Crippen LogP contribution in [0, 0.1) is 0 Å². The molecule has 6 aromatic rings. The highest BCUT2D eigenvalue weighted by molar-refractivity contribution is 6.01.